The molecule has 6 heteroatoms. The molecule has 2 aromatic carbocycles. The van der Waals surface area contributed by atoms with Crippen molar-refractivity contribution in [2.45, 2.75) is 6.92 Å². The van der Waals surface area contributed by atoms with Gasteiger partial charge >= 0.3 is 0 Å². The van der Waals surface area contributed by atoms with Crippen LogP contribution in [-0.4, -0.2) is 32.5 Å². The summed E-state index contributed by atoms with van der Waals surface area (Å²) in [7, 11) is 3.09. The number of carbonyl (C=O) groups is 2. The summed E-state index contributed by atoms with van der Waals surface area (Å²) in [5.41, 5.74) is 1.93. The van der Waals surface area contributed by atoms with E-state index in [-0.39, 0.29) is 18.2 Å². The van der Waals surface area contributed by atoms with Gasteiger partial charge in [0.2, 0.25) is 5.91 Å². The number of ketones is 1. The van der Waals surface area contributed by atoms with Gasteiger partial charge in [-0.25, -0.2) is 0 Å². The Morgan fingerprint density at radius 1 is 1.00 bits per heavy atom. The number of carbonyl (C=O) groups excluding carboxylic acids is 2. The Bertz CT molecular complexity index is 726. The first-order chi connectivity index (χ1) is 11.5. The van der Waals surface area contributed by atoms with E-state index in [0.29, 0.717) is 22.7 Å². The predicted octanol–water partition coefficient (Wildman–Crippen LogP) is 2.96. The monoisotopic (exact) mass is 328 g/mol. The van der Waals surface area contributed by atoms with Crippen LogP contribution in [0.1, 0.15) is 17.3 Å². The molecular weight excluding hydrogens is 308 g/mol. The Balaban J connectivity index is 1.97. The second kappa shape index (κ2) is 8.01. The molecule has 0 aliphatic rings. The number of methoxy groups -OCH3 is 2. The highest BCUT2D eigenvalue weighted by Crippen LogP contribution is 2.28. The van der Waals surface area contributed by atoms with Crippen molar-refractivity contribution in [1.82, 2.24) is 0 Å². The van der Waals surface area contributed by atoms with Crippen LogP contribution in [-0.2, 0) is 4.79 Å². The average molecular weight is 328 g/mol. The molecule has 0 atom stereocenters. The van der Waals surface area contributed by atoms with Gasteiger partial charge in [0, 0.05) is 17.3 Å². The number of Topliss-reactive ketones (excluding diaryl/α,β-unsaturated/α-hetero) is 1. The zero-order valence-electron chi connectivity index (χ0n) is 13.9. The highest BCUT2D eigenvalue weighted by molar-refractivity contribution is 5.96. The molecule has 0 bridgehead atoms. The van der Waals surface area contributed by atoms with E-state index >= 15 is 0 Å². The fourth-order valence-electron chi connectivity index (χ4n) is 2.11. The van der Waals surface area contributed by atoms with Crippen molar-refractivity contribution < 1.29 is 19.1 Å². The van der Waals surface area contributed by atoms with Crippen LogP contribution in [0.4, 0.5) is 11.4 Å². The number of ether oxygens (including phenoxy) is 2. The number of amides is 1. The molecule has 0 saturated heterocycles. The van der Waals surface area contributed by atoms with Crippen LogP contribution in [0, 0.1) is 0 Å². The van der Waals surface area contributed by atoms with Crippen molar-refractivity contribution in [2.24, 2.45) is 0 Å². The van der Waals surface area contributed by atoms with Gasteiger partial charge in [0.1, 0.15) is 11.5 Å². The average Bonchev–Trinajstić information content (AvgIpc) is 2.60. The molecule has 0 aliphatic heterocycles. The topological polar surface area (TPSA) is 76.7 Å². The Morgan fingerprint density at radius 2 is 1.71 bits per heavy atom. The molecule has 0 heterocycles. The molecule has 0 unspecified atom stereocenters. The van der Waals surface area contributed by atoms with Crippen LogP contribution in [0.5, 0.6) is 11.5 Å². The van der Waals surface area contributed by atoms with Gasteiger partial charge in [0.05, 0.1) is 26.5 Å². The van der Waals surface area contributed by atoms with Crippen LogP contribution < -0.4 is 20.1 Å². The lowest BCUT2D eigenvalue weighted by Gasteiger charge is -2.12. The summed E-state index contributed by atoms with van der Waals surface area (Å²) in [6, 6.07) is 12.1. The molecule has 0 fully saturated rings. The highest BCUT2D eigenvalue weighted by atomic mass is 16.5. The third-order valence-electron chi connectivity index (χ3n) is 3.43. The summed E-state index contributed by atoms with van der Waals surface area (Å²) in [5, 5.41) is 5.78. The van der Waals surface area contributed by atoms with Crippen molar-refractivity contribution in [1.29, 1.82) is 0 Å². The summed E-state index contributed by atoms with van der Waals surface area (Å²) in [6.45, 7) is 1.59. The number of hydrogen-bond acceptors (Lipinski definition) is 5. The van der Waals surface area contributed by atoms with Crippen LogP contribution in [0.15, 0.2) is 42.5 Å². The lowest BCUT2D eigenvalue weighted by Crippen LogP contribution is -2.22. The minimum atomic E-state index is -0.225. The normalized spacial score (nSPS) is 9.96. The number of benzene rings is 2. The smallest absolute Gasteiger partial charge is 0.243 e. The van der Waals surface area contributed by atoms with Gasteiger partial charge in [0.15, 0.2) is 5.78 Å². The Kier molecular flexibility index (Phi) is 5.78. The summed E-state index contributed by atoms with van der Waals surface area (Å²) < 4.78 is 10.4. The van der Waals surface area contributed by atoms with Gasteiger partial charge in [-0.3, -0.25) is 9.59 Å². The number of hydrogen-bond donors (Lipinski definition) is 2. The van der Waals surface area contributed by atoms with Crippen LogP contribution in [0.3, 0.4) is 0 Å². The van der Waals surface area contributed by atoms with E-state index < -0.39 is 0 Å². The molecule has 0 aliphatic carbocycles. The quantitative estimate of drug-likeness (QED) is 0.764. The van der Waals surface area contributed by atoms with Gasteiger partial charge in [-0.05, 0) is 43.3 Å². The van der Waals surface area contributed by atoms with Crippen molar-refractivity contribution >= 4 is 23.1 Å². The molecule has 0 aromatic heterocycles. The summed E-state index contributed by atoms with van der Waals surface area (Å²) >= 11 is 0. The molecule has 0 saturated carbocycles. The first kappa shape index (κ1) is 17.3. The first-order valence-electron chi connectivity index (χ1n) is 7.40. The standard InChI is InChI=1S/C18H20N2O4/c1-12(21)13-4-6-14(7-5-13)19-11-18(22)20-16-10-15(23-2)8-9-17(16)24-3/h4-10,19H,11H2,1-3H3,(H,20,22). The second-order valence-corrected chi connectivity index (χ2v) is 5.10. The second-order valence-electron chi connectivity index (χ2n) is 5.10. The van der Waals surface area contributed by atoms with Gasteiger partial charge in [-0.15, -0.1) is 0 Å². The molecule has 126 valence electrons. The first-order valence-corrected chi connectivity index (χ1v) is 7.40. The molecule has 24 heavy (non-hydrogen) atoms. The van der Waals surface area contributed by atoms with E-state index in [4.69, 9.17) is 9.47 Å². The Hall–Kier alpha value is -3.02. The van der Waals surface area contributed by atoms with Gasteiger partial charge < -0.3 is 20.1 Å². The highest BCUT2D eigenvalue weighted by Gasteiger charge is 2.09. The molecule has 2 N–H and O–H groups in total. The van der Waals surface area contributed by atoms with E-state index in [2.05, 4.69) is 10.6 Å². The van der Waals surface area contributed by atoms with Crippen molar-refractivity contribution in [3.05, 3.63) is 48.0 Å². The fraction of sp³-hybridized carbons (Fsp3) is 0.222. The Labute approximate surface area is 140 Å². The molecule has 0 radical (unpaired) electrons. The van der Waals surface area contributed by atoms with Crippen LogP contribution in [0.2, 0.25) is 0 Å². The fourth-order valence-corrected chi connectivity index (χ4v) is 2.11. The summed E-state index contributed by atoms with van der Waals surface area (Å²) in [5.74, 6) is 0.954. The van der Waals surface area contributed by atoms with Crippen molar-refractivity contribution in [3.63, 3.8) is 0 Å². The van der Waals surface area contributed by atoms with Crippen molar-refractivity contribution in [2.75, 3.05) is 31.4 Å². The maximum atomic E-state index is 12.1. The lowest BCUT2D eigenvalue weighted by atomic mass is 10.1. The molecule has 2 aromatic rings. The largest absolute Gasteiger partial charge is 0.497 e. The molecule has 1 amide bonds. The minimum Gasteiger partial charge on any atom is -0.497 e. The molecule has 6 nitrogen and oxygen atoms in total. The third-order valence-corrected chi connectivity index (χ3v) is 3.43. The molecule has 2 rings (SSSR count). The van der Waals surface area contributed by atoms with E-state index in [1.54, 1.807) is 49.6 Å². The van der Waals surface area contributed by atoms with E-state index in [0.717, 1.165) is 5.69 Å². The maximum absolute atomic E-state index is 12.1. The maximum Gasteiger partial charge on any atom is 0.243 e. The van der Waals surface area contributed by atoms with Crippen LogP contribution in [0.25, 0.3) is 0 Å². The van der Waals surface area contributed by atoms with E-state index in [1.165, 1.54) is 14.0 Å². The predicted molar refractivity (Wildman–Crippen MR) is 93.1 cm³/mol. The summed E-state index contributed by atoms with van der Waals surface area (Å²) in [6.07, 6.45) is 0. The zero-order valence-corrected chi connectivity index (χ0v) is 13.9. The van der Waals surface area contributed by atoms with Gasteiger partial charge in [0.25, 0.3) is 0 Å². The zero-order chi connectivity index (χ0) is 17.5. The number of nitrogens with one attached hydrogen (secondary N) is 2. The SMILES string of the molecule is COc1ccc(OC)c(NC(=O)CNc2ccc(C(C)=O)cc2)c1. The lowest BCUT2D eigenvalue weighted by molar-refractivity contribution is -0.114. The van der Waals surface area contributed by atoms with Gasteiger partial charge in [-0.1, -0.05) is 0 Å². The van der Waals surface area contributed by atoms with E-state index in [1.807, 2.05) is 0 Å². The van der Waals surface area contributed by atoms with Crippen LogP contribution >= 0.6 is 0 Å². The van der Waals surface area contributed by atoms with E-state index in [9.17, 15) is 9.59 Å². The Morgan fingerprint density at radius 3 is 2.29 bits per heavy atom. The number of rotatable bonds is 7. The van der Waals surface area contributed by atoms with Crippen molar-refractivity contribution in [3.8, 4) is 11.5 Å². The third kappa shape index (κ3) is 4.49. The number of anilines is 2. The van der Waals surface area contributed by atoms with Gasteiger partial charge in [-0.2, -0.15) is 0 Å². The molecule has 0 spiro atoms. The summed E-state index contributed by atoms with van der Waals surface area (Å²) in [4.78, 5) is 23.3. The minimum absolute atomic E-state index is 0.00409. The molecular formula is C18H20N2O4.